The van der Waals surface area contributed by atoms with Gasteiger partial charge in [-0.2, -0.15) is 0 Å². The van der Waals surface area contributed by atoms with E-state index >= 15 is 0 Å². The molecule has 74 valence electrons. The zero-order chi connectivity index (χ0) is 10.4. The molecule has 13 heavy (non-hydrogen) atoms. The van der Waals surface area contributed by atoms with Crippen LogP contribution in [0.2, 0.25) is 0 Å². The van der Waals surface area contributed by atoms with E-state index in [1.807, 2.05) is 0 Å². The molecule has 0 amide bonds. The summed E-state index contributed by atoms with van der Waals surface area (Å²) in [6.45, 7) is 3.17. The first kappa shape index (κ1) is 11.4. The van der Waals surface area contributed by atoms with Crippen molar-refractivity contribution in [2.45, 2.75) is 20.8 Å². The fourth-order valence-electron chi connectivity index (χ4n) is 0.371. The van der Waals surface area contributed by atoms with Crippen molar-refractivity contribution in [3.63, 3.8) is 0 Å². The van der Waals surface area contributed by atoms with Gasteiger partial charge in [0.05, 0.1) is 0 Å². The van der Waals surface area contributed by atoms with Crippen molar-refractivity contribution < 1.29 is 28.9 Å². The Morgan fingerprint density at radius 1 is 0.769 bits per heavy atom. The Balaban J connectivity index is 4.10. The summed E-state index contributed by atoms with van der Waals surface area (Å²) in [6, 6.07) is 0. The molecule has 0 unspecified atom stereocenters. The molecule has 0 radical (unpaired) electrons. The van der Waals surface area contributed by atoms with Crippen LogP contribution in [0.1, 0.15) is 20.8 Å². The van der Waals surface area contributed by atoms with Gasteiger partial charge >= 0.3 is 17.9 Å². The number of hydrogen-bond donors (Lipinski definition) is 0. The van der Waals surface area contributed by atoms with Crippen molar-refractivity contribution in [2.24, 2.45) is 0 Å². The van der Waals surface area contributed by atoms with Crippen LogP contribution in [-0.4, -0.2) is 23.3 Å². The Hall–Kier alpha value is -1.63. The maximum absolute atomic E-state index is 10.4. The Kier molecular flexibility index (Phi) is 4.45. The highest BCUT2D eigenvalue weighted by Crippen LogP contribution is 1.96. The summed E-state index contributed by atoms with van der Waals surface area (Å²) >= 11 is 0. The predicted octanol–water partition coefficient (Wildman–Crippen LogP) is -0.277. The second-order valence-electron chi connectivity index (χ2n) is 1.97. The quantitative estimate of drug-likeness (QED) is 0.567. The summed E-state index contributed by atoms with van der Waals surface area (Å²) in [5, 5.41) is 0.0486. The van der Waals surface area contributed by atoms with Crippen LogP contribution >= 0.6 is 0 Å². The smallest absolute Gasteiger partial charge is 0.301 e. The molecule has 7 nitrogen and oxygen atoms in total. The van der Waals surface area contributed by atoms with Crippen LogP contribution in [-0.2, 0) is 28.9 Å². The SMILES string of the molecule is CC(=O)ON(OC(C)=O)OC(C)=O. The summed E-state index contributed by atoms with van der Waals surface area (Å²) in [4.78, 5) is 43.7. The molecule has 0 saturated heterocycles. The zero-order valence-electron chi connectivity index (χ0n) is 7.40. The average Bonchev–Trinajstić information content (AvgIpc) is 1.80. The maximum atomic E-state index is 10.4. The molecule has 0 aliphatic heterocycles. The van der Waals surface area contributed by atoms with Gasteiger partial charge in [-0.15, -0.1) is 0 Å². The molecule has 7 heteroatoms. The van der Waals surface area contributed by atoms with Gasteiger partial charge in [0.25, 0.3) is 0 Å². The van der Waals surface area contributed by atoms with Gasteiger partial charge in [-0.3, -0.25) is 14.4 Å². The summed E-state index contributed by atoms with van der Waals surface area (Å²) < 4.78 is 0. The third kappa shape index (κ3) is 6.76. The minimum absolute atomic E-state index is 0.0486. The van der Waals surface area contributed by atoms with E-state index in [1.54, 1.807) is 0 Å². The first-order valence-corrected chi connectivity index (χ1v) is 3.27. The molecule has 0 saturated carbocycles. The summed E-state index contributed by atoms with van der Waals surface area (Å²) in [7, 11) is 0. The van der Waals surface area contributed by atoms with E-state index < -0.39 is 17.9 Å². The number of carbonyl (C=O) groups excluding carboxylic acids is 3. The standard InChI is InChI=1S/C6H9NO6/c1-4(8)11-7(12-5(2)9)13-6(3)10/h1-3H3. The third-order valence-corrected chi connectivity index (χ3v) is 0.609. The maximum Gasteiger partial charge on any atom is 0.329 e. The van der Waals surface area contributed by atoms with Crippen molar-refractivity contribution in [3.8, 4) is 0 Å². The normalized spacial score (nSPS) is 9.23. The van der Waals surface area contributed by atoms with E-state index in [4.69, 9.17) is 0 Å². The minimum Gasteiger partial charge on any atom is -0.301 e. The number of carbonyl (C=O) groups is 3. The van der Waals surface area contributed by atoms with Crippen LogP contribution in [0.15, 0.2) is 0 Å². The first-order valence-electron chi connectivity index (χ1n) is 3.27. The highest BCUT2D eigenvalue weighted by Gasteiger charge is 2.16. The van der Waals surface area contributed by atoms with Gasteiger partial charge in [-0.1, -0.05) is 0 Å². The molecule has 0 aliphatic rings. The predicted molar refractivity (Wildman–Crippen MR) is 37.1 cm³/mol. The molecule has 0 aliphatic carbocycles. The zero-order valence-corrected chi connectivity index (χ0v) is 7.40. The van der Waals surface area contributed by atoms with Gasteiger partial charge in [0.15, 0.2) is 0 Å². The van der Waals surface area contributed by atoms with Crippen LogP contribution in [0.5, 0.6) is 0 Å². The molecule has 0 spiro atoms. The van der Waals surface area contributed by atoms with Crippen LogP contribution in [0, 0.1) is 0 Å². The Bertz CT molecular complexity index is 187. The second kappa shape index (κ2) is 5.09. The van der Waals surface area contributed by atoms with E-state index in [0.29, 0.717) is 0 Å². The van der Waals surface area contributed by atoms with Crippen LogP contribution in [0.3, 0.4) is 0 Å². The largest absolute Gasteiger partial charge is 0.329 e. The summed E-state index contributed by atoms with van der Waals surface area (Å²) in [5.41, 5.74) is 0. The number of hydrogen-bond acceptors (Lipinski definition) is 7. The van der Waals surface area contributed by atoms with Crippen molar-refractivity contribution in [2.75, 3.05) is 0 Å². The van der Waals surface area contributed by atoms with Crippen molar-refractivity contribution in [3.05, 3.63) is 0 Å². The second-order valence-corrected chi connectivity index (χ2v) is 1.97. The molecule has 0 aromatic carbocycles. The number of nitrogens with zero attached hydrogens (tertiary/aromatic N) is 1. The highest BCUT2D eigenvalue weighted by atomic mass is 17.2. The van der Waals surface area contributed by atoms with Crippen LogP contribution in [0.4, 0.5) is 0 Å². The summed E-state index contributed by atoms with van der Waals surface area (Å²) in [6.07, 6.45) is 0. The molecular weight excluding hydrogens is 182 g/mol. The highest BCUT2D eigenvalue weighted by molar-refractivity contribution is 5.68. The van der Waals surface area contributed by atoms with Crippen molar-refractivity contribution in [1.29, 1.82) is 0 Å². The van der Waals surface area contributed by atoms with E-state index in [0.717, 1.165) is 20.8 Å². The van der Waals surface area contributed by atoms with Gasteiger partial charge < -0.3 is 14.5 Å². The average molecular weight is 191 g/mol. The lowest BCUT2D eigenvalue weighted by Crippen LogP contribution is -2.30. The molecule has 0 aromatic rings. The fourth-order valence-corrected chi connectivity index (χ4v) is 0.371. The van der Waals surface area contributed by atoms with E-state index in [9.17, 15) is 14.4 Å². The van der Waals surface area contributed by atoms with Gasteiger partial charge in [-0.05, 0) is 0 Å². The minimum atomic E-state index is -0.789. The molecule has 0 bridgehead atoms. The van der Waals surface area contributed by atoms with Crippen LogP contribution < -0.4 is 0 Å². The topological polar surface area (TPSA) is 82.1 Å². The van der Waals surface area contributed by atoms with E-state index in [2.05, 4.69) is 14.5 Å². The monoisotopic (exact) mass is 191 g/mol. The lowest BCUT2D eigenvalue weighted by atomic mass is 10.8. The lowest BCUT2D eigenvalue weighted by Gasteiger charge is -2.13. The molecule has 0 aromatic heterocycles. The van der Waals surface area contributed by atoms with Gasteiger partial charge in [0.2, 0.25) is 5.39 Å². The molecular formula is C6H9NO6. The first-order chi connectivity index (χ1) is 5.91. The lowest BCUT2D eigenvalue weighted by molar-refractivity contribution is -0.462. The van der Waals surface area contributed by atoms with Crippen molar-refractivity contribution in [1.82, 2.24) is 5.39 Å². The van der Waals surface area contributed by atoms with Gasteiger partial charge in [0.1, 0.15) is 0 Å². The molecule has 0 heterocycles. The Morgan fingerprint density at radius 2 is 1.00 bits per heavy atom. The number of rotatable bonds is 3. The van der Waals surface area contributed by atoms with E-state index in [1.165, 1.54) is 0 Å². The molecule has 0 rings (SSSR count). The third-order valence-electron chi connectivity index (χ3n) is 0.609. The Morgan fingerprint density at radius 3 is 1.15 bits per heavy atom. The summed E-state index contributed by atoms with van der Waals surface area (Å²) in [5.74, 6) is -2.37. The molecule has 0 atom stereocenters. The van der Waals surface area contributed by atoms with Gasteiger partial charge in [0, 0.05) is 20.8 Å². The molecule has 0 fully saturated rings. The Labute approximate surface area is 74.0 Å². The molecule has 0 N–H and O–H groups in total. The van der Waals surface area contributed by atoms with Crippen molar-refractivity contribution >= 4 is 17.9 Å². The fraction of sp³-hybridized carbons (Fsp3) is 0.500. The van der Waals surface area contributed by atoms with Gasteiger partial charge in [-0.25, -0.2) is 0 Å². The van der Waals surface area contributed by atoms with Crippen LogP contribution in [0.25, 0.3) is 0 Å². The van der Waals surface area contributed by atoms with E-state index in [-0.39, 0.29) is 5.39 Å².